The van der Waals surface area contributed by atoms with Crippen LogP contribution in [0, 0.1) is 22.6 Å². The normalized spacial score (nSPS) is 32.5. The summed E-state index contributed by atoms with van der Waals surface area (Å²) in [6.07, 6.45) is 6.46. The molecule has 4 atom stereocenters. The third-order valence-electron chi connectivity index (χ3n) is 7.85. The number of urea groups is 1. The lowest BCUT2D eigenvalue weighted by Gasteiger charge is -2.43. The van der Waals surface area contributed by atoms with Crippen molar-refractivity contribution in [3.05, 3.63) is 35.6 Å². The first kappa shape index (κ1) is 20.4. The maximum atomic E-state index is 14.5. The molecular formula is C24H34FN3O. The number of carbonyl (C=O) groups is 1. The van der Waals surface area contributed by atoms with Gasteiger partial charge in [-0.15, -0.1) is 0 Å². The molecule has 2 fully saturated rings. The van der Waals surface area contributed by atoms with Gasteiger partial charge in [0.15, 0.2) is 0 Å². The second-order valence-corrected chi connectivity index (χ2v) is 10.1. The van der Waals surface area contributed by atoms with Crippen LogP contribution in [0.3, 0.4) is 0 Å². The standard InChI is InChI=1S/C24H34FN3O/c1-5-6-11-20-18(17-9-7-8-10-19(17)25)15-28(27-20)22(29)26-21-23(2,3)16-12-13-24(21,4)14-16/h7-10,16,18,21H,5-6,11-15H2,1-4H3,(H,26,29)/t16-,18?,21+,24-/m1/s1. The summed E-state index contributed by atoms with van der Waals surface area (Å²) in [6, 6.07) is 6.90. The Morgan fingerprint density at radius 2 is 2.07 bits per heavy atom. The molecule has 1 aliphatic heterocycles. The van der Waals surface area contributed by atoms with Crippen LogP contribution < -0.4 is 5.32 Å². The Hall–Kier alpha value is -1.91. The first-order valence-corrected chi connectivity index (χ1v) is 11.2. The van der Waals surface area contributed by atoms with Gasteiger partial charge in [0.2, 0.25) is 0 Å². The van der Waals surface area contributed by atoms with Gasteiger partial charge in [-0.25, -0.2) is 14.2 Å². The highest BCUT2D eigenvalue weighted by atomic mass is 19.1. The lowest BCUT2D eigenvalue weighted by molar-refractivity contribution is 0.106. The zero-order chi connectivity index (χ0) is 20.8. The van der Waals surface area contributed by atoms with E-state index in [0.717, 1.165) is 25.0 Å². The highest BCUT2D eigenvalue weighted by Gasteiger charge is 2.60. The molecule has 2 aliphatic carbocycles. The second-order valence-electron chi connectivity index (χ2n) is 10.1. The molecule has 0 spiro atoms. The Morgan fingerprint density at radius 1 is 1.31 bits per heavy atom. The van der Waals surface area contributed by atoms with Crippen LogP contribution in [0.4, 0.5) is 9.18 Å². The fourth-order valence-corrected chi connectivity index (χ4v) is 6.15. The quantitative estimate of drug-likeness (QED) is 0.679. The van der Waals surface area contributed by atoms with Crippen molar-refractivity contribution in [2.45, 2.75) is 78.2 Å². The van der Waals surface area contributed by atoms with Gasteiger partial charge < -0.3 is 5.32 Å². The molecule has 2 amide bonds. The summed E-state index contributed by atoms with van der Waals surface area (Å²) < 4.78 is 14.5. The van der Waals surface area contributed by atoms with Crippen LogP contribution in [0.5, 0.6) is 0 Å². The van der Waals surface area contributed by atoms with E-state index in [9.17, 15) is 9.18 Å². The van der Waals surface area contributed by atoms with E-state index in [1.54, 1.807) is 11.1 Å². The van der Waals surface area contributed by atoms with Gasteiger partial charge in [0.05, 0.1) is 6.54 Å². The van der Waals surface area contributed by atoms with Crippen LogP contribution in [0.15, 0.2) is 29.4 Å². The summed E-state index contributed by atoms with van der Waals surface area (Å²) in [7, 11) is 0. The van der Waals surface area contributed by atoms with E-state index >= 15 is 0 Å². The molecule has 4 nitrogen and oxygen atoms in total. The molecule has 0 saturated heterocycles. The van der Waals surface area contributed by atoms with Crippen molar-refractivity contribution in [3.8, 4) is 0 Å². The zero-order valence-corrected chi connectivity index (χ0v) is 18.2. The minimum atomic E-state index is -0.217. The maximum Gasteiger partial charge on any atom is 0.338 e. The third kappa shape index (κ3) is 3.47. The molecule has 1 N–H and O–H groups in total. The predicted molar refractivity (Wildman–Crippen MR) is 114 cm³/mol. The number of unbranched alkanes of at least 4 members (excludes halogenated alkanes) is 1. The highest BCUT2D eigenvalue weighted by Crippen LogP contribution is 2.62. The van der Waals surface area contributed by atoms with Gasteiger partial charge in [-0.3, -0.25) is 0 Å². The Kier molecular flexibility index (Phi) is 5.20. The topological polar surface area (TPSA) is 44.7 Å². The van der Waals surface area contributed by atoms with E-state index in [-0.39, 0.29) is 34.6 Å². The van der Waals surface area contributed by atoms with Crippen LogP contribution in [-0.2, 0) is 0 Å². The molecule has 1 aromatic rings. The van der Waals surface area contributed by atoms with Crippen LogP contribution in [0.1, 0.15) is 77.7 Å². The van der Waals surface area contributed by atoms with Gasteiger partial charge in [0.25, 0.3) is 0 Å². The fraction of sp³-hybridized carbons (Fsp3) is 0.667. The molecular weight excluding hydrogens is 365 g/mol. The molecule has 1 aromatic carbocycles. The smallest absolute Gasteiger partial charge is 0.333 e. The van der Waals surface area contributed by atoms with E-state index in [0.29, 0.717) is 18.0 Å². The van der Waals surface area contributed by atoms with E-state index in [1.807, 2.05) is 12.1 Å². The summed E-state index contributed by atoms with van der Waals surface area (Å²) in [5.41, 5.74) is 1.83. The molecule has 1 heterocycles. The van der Waals surface area contributed by atoms with Crippen molar-refractivity contribution in [1.82, 2.24) is 10.3 Å². The van der Waals surface area contributed by atoms with E-state index < -0.39 is 0 Å². The van der Waals surface area contributed by atoms with Crippen molar-refractivity contribution < 1.29 is 9.18 Å². The molecule has 158 valence electrons. The number of nitrogens with one attached hydrogen (secondary N) is 1. The predicted octanol–water partition coefficient (Wildman–Crippen LogP) is 5.70. The SMILES string of the molecule is CCCCC1=NN(C(=O)N[C@H]2C(C)(C)[C@@H]3CC[C@]2(C)C3)CC1c1ccccc1F. The average Bonchev–Trinajstić information content (AvgIpc) is 3.33. The second kappa shape index (κ2) is 7.41. The molecule has 2 bridgehead atoms. The molecule has 1 unspecified atom stereocenters. The van der Waals surface area contributed by atoms with Crippen LogP contribution in [0.2, 0.25) is 0 Å². The monoisotopic (exact) mass is 399 g/mol. The van der Waals surface area contributed by atoms with Crippen LogP contribution in [0.25, 0.3) is 0 Å². The molecule has 3 aliphatic rings. The van der Waals surface area contributed by atoms with Gasteiger partial charge >= 0.3 is 6.03 Å². The first-order chi connectivity index (χ1) is 13.8. The summed E-state index contributed by atoms with van der Waals surface area (Å²) >= 11 is 0. The molecule has 0 aromatic heterocycles. The van der Waals surface area contributed by atoms with Crippen LogP contribution in [-0.4, -0.2) is 29.3 Å². The zero-order valence-electron chi connectivity index (χ0n) is 18.2. The van der Waals surface area contributed by atoms with Gasteiger partial charge in [0, 0.05) is 17.7 Å². The third-order valence-corrected chi connectivity index (χ3v) is 7.85. The average molecular weight is 400 g/mol. The Labute approximate surface area is 173 Å². The van der Waals surface area contributed by atoms with Crippen molar-refractivity contribution in [2.24, 2.45) is 21.8 Å². The van der Waals surface area contributed by atoms with Gasteiger partial charge in [-0.05, 0) is 60.5 Å². The lowest BCUT2D eigenvalue weighted by Crippen LogP contribution is -2.54. The van der Waals surface area contributed by atoms with E-state index in [2.05, 4.69) is 38.1 Å². The summed E-state index contributed by atoms with van der Waals surface area (Å²) in [4.78, 5) is 13.2. The number of benzene rings is 1. The Bertz CT molecular complexity index is 815. The first-order valence-electron chi connectivity index (χ1n) is 11.2. The van der Waals surface area contributed by atoms with Crippen molar-refractivity contribution in [3.63, 3.8) is 0 Å². The van der Waals surface area contributed by atoms with Crippen molar-refractivity contribution in [1.29, 1.82) is 0 Å². The number of hydrazone groups is 1. The summed E-state index contributed by atoms with van der Waals surface area (Å²) in [6.45, 7) is 9.44. The van der Waals surface area contributed by atoms with Gasteiger partial charge in [-0.1, -0.05) is 52.3 Å². The van der Waals surface area contributed by atoms with Gasteiger partial charge in [0.1, 0.15) is 5.82 Å². The molecule has 2 saturated carbocycles. The Balaban J connectivity index is 1.53. The molecule has 29 heavy (non-hydrogen) atoms. The number of rotatable bonds is 5. The number of carbonyl (C=O) groups excluding carboxylic acids is 1. The number of fused-ring (bicyclic) bond motifs is 2. The largest absolute Gasteiger partial charge is 0.338 e. The van der Waals surface area contributed by atoms with E-state index in [4.69, 9.17) is 0 Å². The maximum absolute atomic E-state index is 14.5. The van der Waals surface area contributed by atoms with E-state index in [1.165, 1.54) is 25.3 Å². The lowest BCUT2D eigenvalue weighted by atomic mass is 9.68. The number of nitrogens with zero attached hydrogens (tertiary/aromatic N) is 2. The summed E-state index contributed by atoms with van der Waals surface area (Å²) in [5.74, 6) is 0.300. The minimum Gasteiger partial charge on any atom is -0.333 e. The number of halogens is 1. The summed E-state index contributed by atoms with van der Waals surface area (Å²) in [5, 5.41) is 9.55. The fourth-order valence-electron chi connectivity index (χ4n) is 6.15. The van der Waals surface area contributed by atoms with Gasteiger partial charge in [-0.2, -0.15) is 5.10 Å². The minimum absolute atomic E-state index is 0.0993. The molecule has 5 heteroatoms. The number of hydrogen-bond acceptors (Lipinski definition) is 2. The van der Waals surface area contributed by atoms with Crippen LogP contribution >= 0.6 is 0 Å². The number of amides is 2. The van der Waals surface area contributed by atoms with Crippen molar-refractivity contribution in [2.75, 3.05) is 6.54 Å². The molecule has 4 rings (SSSR count). The highest BCUT2D eigenvalue weighted by molar-refractivity contribution is 5.94. The van der Waals surface area contributed by atoms with Crippen molar-refractivity contribution >= 4 is 11.7 Å². The molecule has 0 radical (unpaired) electrons. The Morgan fingerprint density at radius 3 is 2.72 bits per heavy atom. The number of hydrogen-bond donors (Lipinski definition) is 1.